The third kappa shape index (κ3) is 3.91. The molecular formula is C12H19N5. The molecule has 1 aromatic rings. The van der Waals surface area contributed by atoms with E-state index in [1.165, 1.54) is 0 Å². The summed E-state index contributed by atoms with van der Waals surface area (Å²) in [4.78, 5) is 10.6. The summed E-state index contributed by atoms with van der Waals surface area (Å²) in [5.74, 6) is 1.56. The number of anilines is 2. The summed E-state index contributed by atoms with van der Waals surface area (Å²) in [5, 5.41) is 11.9. The number of nitrogens with zero attached hydrogens (tertiary/aromatic N) is 4. The Morgan fingerprint density at radius 2 is 2.29 bits per heavy atom. The van der Waals surface area contributed by atoms with Gasteiger partial charge in [-0.25, -0.2) is 4.98 Å². The zero-order chi connectivity index (χ0) is 12.7. The monoisotopic (exact) mass is 233 g/mol. The zero-order valence-corrected chi connectivity index (χ0v) is 10.6. The fourth-order valence-corrected chi connectivity index (χ4v) is 1.36. The quantitative estimate of drug-likeness (QED) is 0.814. The van der Waals surface area contributed by atoms with Crippen LogP contribution in [0, 0.1) is 11.3 Å². The van der Waals surface area contributed by atoms with E-state index in [-0.39, 0.29) is 6.04 Å². The van der Waals surface area contributed by atoms with Gasteiger partial charge in [0.2, 0.25) is 0 Å². The van der Waals surface area contributed by atoms with E-state index in [0.29, 0.717) is 6.42 Å². The summed E-state index contributed by atoms with van der Waals surface area (Å²) in [6, 6.07) is 2.30. The Balaban J connectivity index is 2.73. The second kappa shape index (κ2) is 6.69. The topological polar surface area (TPSA) is 64.8 Å². The smallest absolute Gasteiger partial charge is 0.149 e. The van der Waals surface area contributed by atoms with Crippen LogP contribution in [0.1, 0.15) is 26.7 Å². The standard InChI is InChI=1S/C12H19N5/c1-4-7-15-11-8-14-9-12(16-11)17(3)10(2)5-6-13/h8-10H,4-5,7H2,1-3H3,(H,15,16). The molecule has 1 atom stereocenters. The molecular weight excluding hydrogens is 214 g/mol. The summed E-state index contributed by atoms with van der Waals surface area (Å²) < 4.78 is 0. The Labute approximate surface area is 102 Å². The van der Waals surface area contributed by atoms with Gasteiger partial charge in [-0.05, 0) is 13.3 Å². The fourth-order valence-electron chi connectivity index (χ4n) is 1.36. The first-order valence-corrected chi connectivity index (χ1v) is 5.84. The molecule has 0 bridgehead atoms. The van der Waals surface area contributed by atoms with Crippen molar-refractivity contribution in [3.63, 3.8) is 0 Å². The summed E-state index contributed by atoms with van der Waals surface area (Å²) in [6.45, 7) is 4.98. The molecule has 0 saturated heterocycles. The molecule has 5 heteroatoms. The molecule has 0 spiro atoms. The average molecular weight is 233 g/mol. The lowest BCUT2D eigenvalue weighted by Gasteiger charge is -2.23. The minimum absolute atomic E-state index is 0.135. The van der Waals surface area contributed by atoms with Crippen LogP contribution in [0.15, 0.2) is 12.4 Å². The Hall–Kier alpha value is -1.83. The molecule has 1 unspecified atom stereocenters. The van der Waals surface area contributed by atoms with Crippen LogP contribution in [0.25, 0.3) is 0 Å². The van der Waals surface area contributed by atoms with E-state index in [2.05, 4.69) is 28.3 Å². The van der Waals surface area contributed by atoms with Crippen LogP contribution in [0.2, 0.25) is 0 Å². The van der Waals surface area contributed by atoms with E-state index < -0.39 is 0 Å². The summed E-state index contributed by atoms with van der Waals surface area (Å²) >= 11 is 0. The second-order valence-electron chi connectivity index (χ2n) is 4.01. The molecule has 0 fully saturated rings. The molecule has 1 rings (SSSR count). The van der Waals surface area contributed by atoms with E-state index in [1.54, 1.807) is 12.4 Å². The summed E-state index contributed by atoms with van der Waals surface area (Å²) in [5.41, 5.74) is 0. The zero-order valence-electron chi connectivity index (χ0n) is 10.6. The Morgan fingerprint density at radius 3 is 2.94 bits per heavy atom. The first-order valence-electron chi connectivity index (χ1n) is 5.84. The predicted molar refractivity (Wildman–Crippen MR) is 68.9 cm³/mol. The van der Waals surface area contributed by atoms with E-state index in [0.717, 1.165) is 24.6 Å². The first-order chi connectivity index (χ1) is 8.19. The molecule has 1 aromatic heterocycles. The van der Waals surface area contributed by atoms with Gasteiger partial charge in [0.1, 0.15) is 11.6 Å². The first kappa shape index (κ1) is 13.2. The Kier molecular flexibility index (Phi) is 5.21. The van der Waals surface area contributed by atoms with Crippen molar-refractivity contribution in [3.05, 3.63) is 12.4 Å². The summed E-state index contributed by atoms with van der Waals surface area (Å²) in [7, 11) is 1.93. The lowest BCUT2D eigenvalue weighted by molar-refractivity contribution is 0.692. The Morgan fingerprint density at radius 1 is 1.53 bits per heavy atom. The van der Waals surface area contributed by atoms with Crippen molar-refractivity contribution >= 4 is 11.6 Å². The maximum absolute atomic E-state index is 8.68. The number of nitriles is 1. The van der Waals surface area contributed by atoms with Crippen molar-refractivity contribution in [2.24, 2.45) is 0 Å². The average Bonchev–Trinajstić information content (AvgIpc) is 2.36. The van der Waals surface area contributed by atoms with Gasteiger partial charge in [0.15, 0.2) is 0 Å². The molecule has 5 nitrogen and oxygen atoms in total. The lowest BCUT2D eigenvalue weighted by Crippen LogP contribution is -2.29. The second-order valence-corrected chi connectivity index (χ2v) is 4.01. The van der Waals surface area contributed by atoms with Crippen LogP contribution in [0.3, 0.4) is 0 Å². The van der Waals surface area contributed by atoms with Gasteiger partial charge < -0.3 is 10.2 Å². The molecule has 0 aliphatic rings. The number of rotatable bonds is 6. The van der Waals surface area contributed by atoms with Gasteiger partial charge in [0.25, 0.3) is 0 Å². The van der Waals surface area contributed by atoms with Crippen molar-refractivity contribution in [2.45, 2.75) is 32.7 Å². The van der Waals surface area contributed by atoms with E-state index in [4.69, 9.17) is 5.26 Å². The molecule has 17 heavy (non-hydrogen) atoms. The normalized spacial score (nSPS) is 11.6. The van der Waals surface area contributed by atoms with Crippen LogP contribution in [-0.2, 0) is 0 Å². The minimum Gasteiger partial charge on any atom is -0.369 e. The minimum atomic E-state index is 0.135. The van der Waals surface area contributed by atoms with Crippen molar-refractivity contribution in [3.8, 4) is 6.07 Å². The van der Waals surface area contributed by atoms with Crippen LogP contribution < -0.4 is 10.2 Å². The van der Waals surface area contributed by atoms with Gasteiger partial charge in [-0.15, -0.1) is 0 Å². The Bertz CT molecular complexity index is 385. The van der Waals surface area contributed by atoms with Gasteiger partial charge in [0, 0.05) is 19.6 Å². The molecule has 0 aliphatic carbocycles. The highest BCUT2D eigenvalue weighted by molar-refractivity contribution is 5.43. The number of hydrogen-bond donors (Lipinski definition) is 1. The highest BCUT2D eigenvalue weighted by Gasteiger charge is 2.11. The predicted octanol–water partition coefficient (Wildman–Crippen LogP) is 2.04. The SMILES string of the molecule is CCCNc1cncc(N(C)C(C)CC#N)n1. The molecule has 0 aliphatic heterocycles. The van der Waals surface area contributed by atoms with Gasteiger partial charge in [-0.3, -0.25) is 4.98 Å². The largest absolute Gasteiger partial charge is 0.369 e. The number of aromatic nitrogens is 2. The maximum atomic E-state index is 8.68. The molecule has 0 aromatic carbocycles. The third-order valence-electron chi connectivity index (χ3n) is 2.59. The van der Waals surface area contributed by atoms with Gasteiger partial charge >= 0.3 is 0 Å². The van der Waals surface area contributed by atoms with Crippen LogP contribution >= 0.6 is 0 Å². The van der Waals surface area contributed by atoms with E-state index in [9.17, 15) is 0 Å². The molecule has 0 radical (unpaired) electrons. The fraction of sp³-hybridized carbons (Fsp3) is 0.583. The van der Waals surface area contributed by atoms with E-state index >= 15 is 0 Å². The van der Waals surface area contributed by atoms with E-state index in [1.807, 2.05) is 18.9 Å². The highest BCUT2D eigenvalue weighted by atomic mass is 15.2. The number of nitrogens with one attached hydrogen (secondary N) is 1. The van der Waals surface area contributed by atoms with Crippen molar-refractivity contribution < 1.29 is 0 Å². The molecule has 92 valence electrons. The molecule has 0 amide bonds. The maximum Gasteiger partial charge on any atom is 0.149 e. The summed E-state index contributed by atoms with van der Waals surface area (Å²) in [6.07, 6.45) is 4.95. The van der Waals surface area contributed by atoms with Crippen LogP contribution in [0.4, 0.5) is 11.6 Å². The third-order valence-corrected chi connectivity index (χ3v) is 2.59. The number of hydrogen-bond acceptors (Lipinski definition) is 5. The van der Waals surface area contributed by atoms with Crippen molar-refractivity contribution in [1.29, 1.82) is 5.26 Å². The highest BCUT2D eigenvalue weighted by Crippen LogP contribution is 2.14. The van der Waals surface area contributed by atoms with Gasteiger partial charge in [-0.1, -0.05) is 6.92 Å². The van der Waals surface area contributed by atoms with Crippen molar-refractivity contribution in [2.75, 3.05) is 23.8 Å². The lowest BCUT2D eigenvalue weighted by atomic mass is 10.2. The van der Waals surface area contributed by atoms with Gasteiger partial charge in [0.05, 0.1) is 24.9 Å². The molecule has 1 heterocycles. The van der Waals surface area contributed by atoms with Crippen LogP contribution in [0.5, 0.6) is 0 Å². The van der Waals surface area contributed by atoms with Crippen molar-refractivity contribution in [1.82, 2.24) is 9.97 Å². The van der Waals surface area contributed by atoms with Crippen LogP contribution in [-0.4, -0.2) is 29.6 Å². The van der Waals surface area contributed by atoms with Gasteiger partial charge in [-0.2, -0.15) is 5.26 Å². The molecule has 1 N–H and O–H groups in total. The molecule has 0 saturated carbocycles.